The smallest absolute Gasteiger partial charge is 0.306 e. The molecule has 1 aliphatic heterocycles. The van der Waals surface area contributed by atoms with Crippen LogP contribution in [-0.2, 0) is 24.3 Å². The molecular formula is C31H38N4O6S. The van der Waals surface area contributed by atoms with Crippen molar-refractivity contribution in [3.05, 3.63) is 78.4 Å². The van der Waals surface area contributed by atoms with E-state index in [1.54, 1.807) is 33.1 Å². The van der Waals surface area contributed by atoms with E-state index in [0.717, 1.165) is 17.0 Å². The van der Waals surface area contributed by atoms with E-state index in [4.69, 9.17) is 9.47 Å². The molecular weight excluding hydrogens is 556 g/mol. The van der Waals surface area contributed by atoms with Gasteiger partial charge < -0.3 is 24.6 Å². The molecule has 0 aromatic heterocycles. The van der Waals surface area contributed by atoms with E-state index in [0.29, 0.717) is 37.6 Å². The van der Waals surface area contributed by atoms with Gasteiger partial charge in [-0.3, -0.25) is 9.59 Å². The molecule has 1 saturated heterocycles. The molecule has 1 aliphatic rings. The molecule has 3 aromatic carbocycles. The Morgan fingerprint density at radius 2 is 1.52 bits per heavy atom. The van der Waals surface area contributed by atoms with Crippen molar-refractivity contribution >= 4 is 39.0 Å². The third kappa shape index (κ3) is 7.80. The molecule has 3 aromatic rings. The van der Waals surface area contributed by atoms with Gasteiger partial charge in [0.25, 0.3) is 0 Å². The number of nitrogens with one attached hydrogen (secondary N) is 2. The number of benzene rings is 3. The Balaban J connectivity index is 1.57. The number of anilines is 3. The van der Waals surface area contributed by atoms with Crippen molar-refractivity contribution < 1.29 is 27.5 Å². The fourth-order valence-electron chi connectivity index (χ4n) is 4.93. The summed E-state index contributed by atoms with van der Waals surface area (Å²) in [5, 5.41) is 2.73. The fourth-order valence-corrected chi connectivity index (χ4v) is 6.41. The largest absolute Gasteiger partial charge is 0.495 e. The molecule has 42 heavy (non-hydrogen) atoms. The Morgan fingerprint density at radius 3 is 2.19 bits per heavy atom. The van der Waals surface area contributed by atoms with Crippen molar-refractivity contribution in [2.45, 2.75) is 37.6 Å². The molecule has 0 radical (unpaired) electrons. The predicted molar refractivity (Wildman–Crippen MR) is 164 cm³/mol. The summed E-state index contributed by atoms with van der Waals surface area (Å²) < 4.78 is 40.9. The van der Waals surface area contributed by atoms with Crippen LogP contribution in [0.1, 0.15) is 38.3 Å². The summed E-state index contributed by atoms with van der Waals surface area (Å²) in [4.78, 5) is 28.5. The highest BCUT2D eigenvalue weighted by atomic mass is 32.2. The summed E-state index contributed by atoms with van der Waals surface area (Å²) in [7, 11) is -2.36. The number of esters is 1. The molecule has 1 atom stereocenters. The van der Waals surface area contributed by atoms with Crippen molar-refractivity contribution in [2.75, 3.05) is 55.0 Å². The van der Waals surface area contributed by atoms with E-state index >= 15 is 0 Å². The summed E-state index contributed by atoms with van der Waals surface area (Å²) in [6.07, 6.45) is -0.133. The lowest BCUT2D eigenvalue weighted by molar-refractivity contribution is -0.144. The van der Waals surface area contributed by atoms with E-state index in [9.17, 15) is 18.0 Å². The molecule has 1 amide bonds. The van der Waals surface area contributed by atoms with Crippen LogP contribution < -0.4 is 24.6 Å². The van der Waals surface area contributed by atoms with Gasteiger partial charge >= 0.3 is 5.97 Å². The average Bonchev–Trinajstić information content (AvgIpc) is 3.00. The quantitative estimate of drug-likeness (QED) is 0.298. The van der Waals surface area contributed by atoms with Crippen LogP contribution in [0.15, 0.2) is 77.7 Å². The molecule has 224 valence electrons. The SMILES string of the molecule is CCOC(=O)CCC(=O)Nc1ccc(N2CCN(c3ccccc3OC)CC2)c(S(=O)(=O)N[C@H](C)c2ccccc2)c1. The van der Waals surface area contributed by atoms with E-state index in [1.165, 1.54) is 6.07 Å². The number of sulfonamides is 1. The molecule has 11 heteroatoms. The maximum Gasteiger partial charge on any atom is 0.306 e. The maximum atomic E-state index is 13.8. The summed E-state index contributed by atoms with van der Waals surface area (Å²) >= 11 is 0. The monoisotopic (exact) mass is 594 g/mol. The van der Waals surface area contributed by atoms with Crippen LogP contribution in [-0.4, -0.2) is 60.2 Å². The minimum absolute atomic E-state index is 0.0600. The van der Waals surface area contributed by atoms with Crippen molar-refractivity contribution in [3.63, 3.8) is 0 Å². The van der Waals surface area contributed by atoms with E-state index in [-0.39, 0.29) is 24.3 Å². The van der Waals surface area contributed by atoms with E-state index < -0.39 is 27.9 Å². The first-order valence-corrected chi connectivity index (χ1v) is 15.5. The van der Waals surface area contributed by atoms with E-state index in [2.05, 4.69) is 14.9 Å². The third-order valence-electron chi connectivity index (χ3n) is 7.07. The predicted octanol–water partition coefficient (Wildman–Crippen LogP) is 4.34. The Bertz CT molecular complexity index is 1470. The zero-order valence-corrected chi connectivity index (χ0v) is 25.0. The summed E-state index contributed by atoms with van der Waals surface area (Å²) in [6.45, 7) is 6.23. The molecule has 0 unspecified atom stereocenters. The maximum absolute atomic E-state index is 13.8. The van der Waals surface area contributed by atoms with Gasteiger partial charge in [-0.05, 0) is 49.7 Å². The molecule has 1 heterocycles. The van der Waals surface area contributed by atoms with Crippen LogP contribution in [0.4, 0.5) is 17.1 Å². The second kappa shape index (κ2) is 14.2. The van der Waals surface area contributed by atoms with Gasteiger partial charge in [0.15, 0.2) is 0 Å². The highest BCUT2D eigenvalue weighted by molar-refractivity contribution is 7.89. The van der Waals surface area contributed by atoms with Gasteiger partial charge in [0.05, 0.1) is 31.5 Å². The highest BCUT2D eigenvalue weighted by Gasteiger charge is 2.28. The van der Waals surface area contributed by atoms with Crippen molar-refractivity contribution in [1.82, 2.24) is 4.72 Å². The lowest BCUT2D eigenvalue weighted by Gasteiger charge is -2.38. The van der Waals surface area contributed by atoms with Crippen LogP contribution >= 0.6 is 0 Å². The number of hydrogen-bond donors (Lipinski definition) is 2. The number of piperazine rings is 1. The van der Waals surface area contributed by atoms with Crippen molar-refractivity contribution in [2.24, 2.45) is 0 Å². The van der Waals surface area contributed by atoms with Crippen molar-refractivity contribution in [3.8, 4) is 5.75 Å². The van der Waals surface area contributed by atoms with Gasteiger partial charge in [0, 0.05) is 44.3 Å². The summed E-state index contributed by atoms with van der Waals surface area (Å²) in [6, 6.07) is 21.6. The topological polar surface area (TPSA) is 117 Å². The first-order valence-electron chi connectivity index (χ1n) is 14.0. The summed E-state index contributed by atoms with van der Waals surface area (Å²) in [5.74, 6) is -0.0795. The zero-order chi connectivity index (χ0) is 30.1. The Morgan fingerprint density at radius 1 is 0.881 bits per heavy atom. The van der Waals surface area contributed by atoms with Gasteiger partial charge in [-0.2, -0.15) is 0 Å². The Labute approximate surface area is 247 Å². The highest BCUT2D eigenvalue weighted by Crippen LogP contribution is 2.33. The van der Waals surface area contributed by atoms with Gasteiger partial charge in [-0.15, -0.1) is 0 Å². The Kier molecular flexibility index (Phi) is 10.4. The van der Waals surface area contributed by atoms with E-state index in [1.807, 2.05) is 59.5 Å². The Hall–Kier alpha value is -4.09. The second-order valence-corrected chi connectivity index (χ2v) is 11.6. The number of amides is 1. The summed E-state index contributed by atoms with van der Waals surface area (Å²) in [5.41, 5.74) is 2.70. The van der Waals surface area contributed by atoms with Gasteiger partial charge in [0.2, 0.25) is 15.9 Å². The van der Waals surface area contributed by atoms with Crippen LogP contribution in [0.25, 0.3) is 0 Å². The standard InChI is InChI=1S/C31H38N4O6S/c1-4-41-31(37)17-16-30(36)32-25-14-15-27(29(22-25)42(38,39)33-23(2)24-10-6-5-7-11-24)35-20-18-34(19-21-35)26-12-8-9-13-28(26)40-3/h5-15,22-23,33H,4,16-21H2,1-3H3,(H,32,36)/t23-/m1/s1. The zero-order valence-electron chi connectivity index (χ0n) is 24.2. The molecule has 0 spiro atoms. The third-order valence-corrected chi connectivity index (χ3v) is 8.64. The molecule has 0 bridgehead atoms. The normalized spacial score (nSPS) is 14.3. The minimum atomic E-state index is -4.01. The second-order valence-electron chi connectivity index (χ2n) is 9.94. The first-order chi connectivity index (χ1) is 20.2. The molecule has 0 saturated carbocycles. The first kappa shape index (κ1) is 30.9. The molecule has 4 rings (SSSR count). The fraction of sp³-hybridized carbons (Fsp3) is 0.355. The number of carbonyl (C=O) groups is 2. The molecule has 0 aliphatic carbocycles. The molecule has 10 nitrogen and oxygen atoms in total. The molecule has 2 N–H and O–H groups in total. The minimum Gasteiger partial charge on any atom is -0.495 e. The number of ether oxygens (including phenoxy) is 2. The van der Waals surface area contributed by atoms with Crippen LogP contribution in [0.2, 0.25) is 0 Å². The lowest BCUT2D eigenvalue weighted by Crippen LogP contribution is -2.47. The number of nitrogens with zero attached hydrogens (tertiary/aromatic N) is 2. The average molecular weight is 595 g/mol. The van der Waals surface area contributed by atoms with Crippen LogP contribution in [0.3, 0.4) is 0 Å². The number of para-hydroxylation sites is 2. The van der Waals surface area contributed by atoms with Gasteiger partial charge in [-0.25, -0.2) is 13.1 Å². The number of methoxy groups -OCH3 is 1. The van der Waals surface area contributed by atoms with Crippen LogP contribution in [0, 0.1) is 0 Å². The lowest BCUT2D eigenvalue weighted by atomic mass is 10.1. The van der Waals surface area contributed by atoms with Gasteiger partial charge in [0.1, 0.15) is 10.6 Å². The number of rotatable bonds is 12. The molecule has 1 fully saturated rings. The van der Waals surface area contributed by atoms with Gasteiger partial charge in [-0.1, -0.05) is 42.5 Å². The number of carbonyl (C=O) groups excluding carboxylic acids is 2. The number of hydrogen-bond acceptors (Lipinski definition) is 8. The van der Waals surface area contributed by atoms with Crippen molar-refractivity contribution in [1.29, 1.82) is 0 Å². The van der Waals surface area contributed by atoms with Crippen LogP contribution in [0.5, 0.6) is 5.75 Å².